The van der Waals surface area contributed by atoms with Crippen LogP contribution in [-0.4, -0.2) is 35.0 Å². The highest BCUT2D eigenvalue weighted by atomic mass is 35.5. The summed E-state index contributed by atoms with van der Waals surface area (Å²) < 4.78 is 1.35. The molecular formula is C14H17Cl2NO3S. The molecule has 1 aliphatic rings. The Labute approximate surface area is 137 Å². The first kappa shape index (κ1) is 16.6. The van der Waals surface area contributed by atoms with Crippen LogP contribution in [0.1, 0.15) is 31.2 Å². The van der Waals surface area contributed by atoms with Gasteiger partial charge in [-0.15, -0.1) is 11.3 Å². The lowest BCUT2D eigenvalue weighted by Gasteiger charge is -2.30. The first-order chi connectivity index (χ1) is 9.97. The smallest absolute Gasteiger partial charge is 0.306 e. The Morgan fingerprint density at radius 1 is 1.33 bits per heavy atom. The third-order valence-electron chi connectivity index (χ3n) is 3.76. The fraction of sp³-hybridized carbons (Fsp3) is 0.571. The van der Waals surface area contributed by atoms with E-state index < -0.39 is 5.97 Å². The van der Waals surface area contributed by atoms with Gasteiger partial charge in [-0.25, -0.2) is 0 Å². The zero-order valence-electron chi connectivity index (χ0n) is 11.5. The van der Waals surface area contributed by atoms with Crippen molar-refractivity contribution in [2.75, 3.05) is 13.1 Å². The van der Waals surface area contributed by atoms with E-state index in [1.165, 1.54) is 11.3 Å². The molecule has 1 N–H and O–H groups in total. The molecule has 0 aromatic carbocycles. The number of rotatable bonds is 5. The van der Waals surface area contributed by atoms with Gasteiger partial charge in [0.25, 0.3) is 0 Å². The van der Waals surface area contributed by atoms with E-state index in [1.54, 1.807) is 4.90 Å². The predicted octanol–water partition coefficient (Wildman–Crippen LogP) is 3.70. The maximum Gasteiger partial charge on any atom is 0.306 e. The number of thiophene rings is 1. The molecule has 0 unspecified atom stereocenters. The number of hydrogen-bond acceptors (Lipinski definition) is 3. The van der Waals surface area contributed by atoms with Crippen LogP contribution < -0.4 is 0 Å². The molecule has 4 nitrogen and oxygen atoms in total. The van der Waals surface area contributed by atoms with E-state index in [1.807, 2.05) is 6.07 Å². The fourth-order valence-corrected chi connectivity index (χ4v) is 4.05. The minimum absolute atomic E-state index is 0.0938. The van der Waals surface area contributed by atoms with Gasteiger partial charge < -0.3 is 10.0 Å². The molecule has 0 spiro atoms. The third-order valence-corrected chi connectivity index (χ3v) is 5.33. The maximum atomic E-state index is 12.1. The number of likely N-dealkylation sites (tertiary alicyclic amines) is 1. The molecule has 1 aromatic rings. The van der Waals surface area contributed by atoms with E-state index in [4.69, 9.17) is 28.3 Å². The Morgan fingerprint density at radius 2 is 2.00 bits per heavy atom. The molecule has 1 aromatic heterocycles. The number of aryl methyl sites for hydroxylation is 1. The highest BCUT2D eigenvalue weighted by Crippen LogP contribution is 2.32. The van der Waals surface area contributed by atoms with Crippen molar-refractivity contribution in [1.82, 2.24) is 4.90 Å². The topological polar surface area (TPSA) is 57.6 Å². The number of carboxylic acid groups (broad SMARTS) is 1. The fourth-order valence-electron chi connectivity index (χ4n) is 2.51. The second-order valence-electron chi connectivity index (χ2n) is 5.20. The molecular weight excluding hydrogens is 333 g/mol. The molecule has 0 bridgehead atoms. The summed E-state index contributed by atoms with van der Waals surface area (Å²) in [4.78, 5) is 24.7. The van der Waals surface area contributed by atoms with E-state index in [-0.39, 0.29) is 11.8 Å². The van der Waals surface area contributed by atoms with Gasteiger partial charge in [0, 0.05) is 19.5 Å². The summed E-state index contributed by atoms with van der Waals surface area (Å²) in [7, 11) is 0. The second kappa shape index (κ2) is 7.47. The van der Waals surface area contributed by atoms with Crippen molar-refractivity contribution in [3.05, 3.63) is 20.3 Å². The monoisotopic (exact) mass is 349 g/mol. The lowest BCUT2D eigenvalue weighted by atomic mass is 9.97. The number of hydrogen-bond donors (Lipinski definition) is 1. The summed E-state index contributed by atoms with van der Waals surface area (Å²) in [6.07, 6.45) is 3.02. The van der Waals surface area contributed by atoms with Gasteiger partial charge in [0.05, 0.1) is 14.6 Å². The Kier molecular flexibility index (Phi) is 5.90. The van der Waals surface area contributed by atoms with Crippen LogP contribution in [0.3, 0.4) is 0 Å². The van der Waals surface area contributed by atoms with Gasteiger partial charge in [0.15, 0.2) is 0 Å². The molecule has 2 rings (SSSR count). The standard InChI is InChI=1S/C14H17Cl2NO3S/c15-11-8-10(13(16)21-11)2-1-3-12(18)17-6-4-9(5-7-17)14(19)20/h8-9H,1-7H2,(H,19,20). The average Bonchev–Trinajstić information content (AvgIpc) is 2.77. The lowest BCUT2D eigenvalue weighted by Crippen LogP contribution is -2.40. The van der Waals surface area contributed by atoms with Gasteiger partial charge in [-0.2, -0.15) is 0 Å². The SMILES string of the molecule is O=C(O)C1CCN(C(=O)CCCc2cc(Cl)sc2Cl)CC1. The highest BCUT2D eigenvalue weighted by Gasteiger charge is 2.26. The number of aliphatic carboxylic acids is 1. The quantitative estimate of drug-likeness (QED) is 0.881. The normalized spacial score (nSPS) is 16.2. The molecule has 0 saturated carbocycles. The molecule has 1 saturated heterocycles. The average molecular weight is 350 g/mol. The van der Waals surface area contributed by atoms with Crippen molar-refractivity contribution >= 4 is 46.4 Å². The van der Waals surface area contributed by atoms with Crippen LogP contribution in [0.15, 0.2) is 6.07 Å². The zero-order chi connectivity index (χ0) is 15.4. The number of amides is 1. The van der Waals surface area contributed by atoms with Crippen molar-refractivity contribution in [2.24, 2.45) is 5.92 Å². The van der Waals surface area contributed by atoms with Crippen LogP contribution in [0.4, 0.5) is 0 Å². The van der Waals surface area contributed by atoms with Crippen LogP contribution in [0.25, 0.3) is 0 Å². The Morgan fingerprint density at radius 3 is 2.52 bits per heavy atom. The van der Waals surface area contributed by atoms with Crippen LogP contribution >= 0.6 is 34.5 Å². The molecule has 1 amide bonds. The van der Waals surface area contributed by atoms with E-state index >= 15 is 0 Å². The summed E-state index contributed by atoms with van der Waals surface area (Å²) in [6, 6.07) is 1.84. The number of carbonyl (C=O) groups excluding carboxylic acids is 1. The van der Waals surface area contributed by atoms with E-state index in [0.717, 1.165) is 18.4 Å². The van der Waals surface area contributed by atoms with Crippen molar-refractivity contribution < 1.29 is 14.7 Å². The van der Waals surface area contributed by atoms with Crippen LogP contribution in [0, 0.1) is 5.92 Å². The van der Waals surface area contributed by atoms with Crippen molar-refractivity contribution in [3.8, 4) is 0 Å². The minimum Gasteiger partial charge on any atom is -0.481 e. The van der Waals surface area contributed by atoms with E-state index in [9.17, 15) is 9.59 Å². The molecule has 0 aliphatic carbocycles. The molecule has 21 heavy (non-hydrogen) atoms. The minimum atomic E-state index is -0.758. The van der Waals surface area contributed by atoms with Crippen molar-refractivity contribution in [1.29, 1.82) is 0 Å². The van der Waals surface area contributed by atoms with Crippen LogP contribution in [0.5, 0.6) is 0 Å². The predicted molar refractivity (Wildman–Crippen MR) is 84.2 cm³/mol. The largest absolute Gasteiger partial charge is 0.481 e. The first-order valence-electron chi connectivity index (χ1n) is 6.91. The van der Waals surface area contributed by atoms with Gasteiger partial charge in [-0.05, 0) is 37.3 Å². The summed E-state index contributed by atoms with van der Waals surface area (Å²) in [5, 5.41) is 8.93. The first-order valence-corrected chi connectivity index (χ1v) is 8.49. The number of nitrogens with zero attached hydrogens (tertiary/aromatic N) is 1. The molecule has 0 atom stereocenters. The van der Waals surface area contributed by atoms with Gasteiger partial charge in [0.1, 0.15) is 0 Å². The van der Waals surface area contributed by atoms with E-state index in [2.05, 4.69) is 0 Å². The van der Waals surface area contributed by atoms with Crippen molar-refractivity contribution in [3.63, 3.8) is 0 Å². The van der Waals surface area contributed by atoms with Crippen LogP contribution in [0.2, 0.25) is 8.67 Å². The number of carbonyl (C=O) groups is 2. The summed E-state index contributed by atoms with van der Waals surface area (Å²) >= 11 is 13.3. The lowest BCUT2D eigenvalue weighted by molar-refractivity contribution is -0.145. The van der Waals surface area contributed by atoms with Crippen LogP contribution in [-0.2, 0) is 16.0 Å². The molecule has 2 heterocycles. The summed E-state index contributed by atoms with van der Waals surface area (Å²) in [5.41, 5.74) is 0.990. The summed E-state index contributed by atoms with van der Waals surface area (Å²) in [5.74, 6) is -0.969. The highest BCUT2D eigenvalue weighted by molar-refractivity contribution is 7.20. The van der Waals surface area contributed by atoms with Gasteiger partial charge in [-0.1, -0.05) is 23.2 Å². The Bertz CT molecular complexity index is 524. The molecule has 1 aliphatic heterocycles. The zero-order valence-corrected chi connectivity index (χ0v) is 13.8. The Balaban J connectivity index is 1.73. The Hall–Kier alpha value is -0.780. The van der Waals surface area contributed by atoms with Crippen molar-refractivity contribution in [2.45, 2.75) is 32.1 Å². The molecule has 116 valence electrons. The van der Waals surface area contributed by atoms with Gasteiger partial charge in [-0.3, -0.25) is 9.59 Å². The number of piperidine rings is 1. The molecule has 7 heteroatoms. The molecule has 1 fully saturated rings. The maximum absolute atomic E-state index is 12.1. The molecule has 0 radical (unpaired) electrons. The summed E-state index contributed by atoms with van der Waals surface area (Å²) in [6.45, 7) is 1.08. The second-order valence-corrected chi connectivity index (χ2v) is 7.48. The number of halogens is 2. The number of carboxylic acids is 1. The van der Waals surface area contributed by atoms with E-state index in [0.29, 0.717) is 41.0 Å². The van der Waals surface area contributed by atoms with Gasteiger partial charge in [0.2, 0.25) is 5.91 Å². The van der Waals surface area contributed by atoms with Gasteiger partial charge >= 0.3 is 5.97 Å². The third kappa shape index (κ3) is 4.59.